The van der Waals surface area contributed by atoms with Crippen LogP contribution < -0.4 is 11.1 Å². The third kappa shape index (κ3) is 3.06. The average molecular weight is 274 g/mol. The fraction of sp³-hybridized carbons (Fsp3) is 0.133. The smallest absolute Gasteiger partial charge is 0.251 e. The van der Waals surface area contributed by atoms with E-state index in [0.29, 0.717) is 5.69 Å². The molecule has 0 aliphatic carbocycles. The van der Waals surface area contributed by atoms with Gasteiger partial charge in [0.1, 0.15) is 11.6 Å². The number of phenols is 1. The maximum atomic E-state index is 13.4. The summed E-state index contributed by atoms with van der Waals surface area (Å²) in [5.74, 6) is -1.25. The van der Waals surface area contributed by atoms with E-state index in [0.717, 1.165) is 5.56 Å². The summed E-state index contributed by atoms with van der Waals surface area (Å²) in [6.07, 6.45) is 0. The van der Waals surface area contributed by atoms with Gasteiger partial charge in [-0.3, -0.25) is 4.79 Å². The third-order valence-corrected chi connectivity index (χ3v) is 3.01. The molecule has 104 valence electrons. The predicted octanol–water partition coefficient (Wildman–Crippen LogP) is 2.80. The van der Waals surface area contributed by atoms with Gasteiger partial charge in [-0.05, 0) is 42.8 Å². The summed E-state index contributed by atoms with van der Waals surface area (Å²) in [5.41, 5.74) is 6.51. The third-order valence-electron chi connectivity index (χ3n) is 3.01. The number of rotatable bonds is 4. The van der Waals surface area contributed by atoms with Crippen LogP contribution in [0.15, 0.2) is 42.5 Å². The maximum Gasteiger partial charge on any atom is 0.251 e. The monoisotopic (exact) mass is 274 g/mol. The first-order chi connectivity index (χ1) is 9.47. The quantitative estimate of drug-likeness (QED) is 0.802. The fourth-order valence-electron chi connectivity index (χ4n) is 1.90. The lowest BCUT2D eigenvalue weighted by atomic mass is 10.1. The second-order valence-corrected chi connectivity index (χ2v) is 4.52. The first kappa shape index (κ1) is 13.9. The highest BCUT2D eigenvalue weighted by molar-refractivity contribution is 5.94. The topological polar surface area (TPSA) is 75.3 Å². The van der Waals surface area contributed by atoms with Crippen LogP contribution in [-0.2, 0) is 0 Å². The van der Waals surface area contributed by atoms with Crippen LogP contribution in [0.3, 0.4) is 0 Å². The number of carbonyl (C=O) groups excluding carboxylic acids is 1. The summed E-state index contributed by atoms with van der Waals surface area (Å²) >= 11 is 0. The zero-order chi connectivity index (χ0) is 14.7. The highest BCUT2D eigenvalue weighted by Gasteiger charge is 2.11. The minimum atomic E-state index is -0.802. The fourth-order valence-corrected chi connectivity index (χ4v) is 1.90. The van der Waals surface area contributed by atoms with Gasteiger partial charge in [-0.15, -0.1) is 0 Å². The zero-order valence-electron chi connectivity index (χ0n) is 10.9. The van der Waals surface area contributed by atoms with Crippen LogP contribution in [0.4, 0.5) is 10.1 Å². The highest BCUT2D eigenvalue weighted by Crippen LogP contribution is 2.22. The van der Waals surface area contributed by atoms with E-state index in [1.165, 1.54) is 12.1 Å². The minimum absolute atomic E-state index is 0.0678. The van der Waals surface area contributed by atoms with Gasteiger partial charge in [0, 0.05) is 11.7 Å². The lowest BCUT2D eigenvalue weighted by Gasteiger charge is -2.16. The van der Waals surface area contributed by atoms with Crippen molar-refractivity contribution >= 4 is 11.6 Å². The molecule has 1 atom stereocenters. The van der Waals surface area contributed by atoms with Crippen LogP contribution in [0.25, 0.3) is 0 Å². The van der Waals surface area contributed by atoms with Crippen LogP contribution in [0.2, 0.25) is 0 Å². The van der Waals surface area contributed by atoms with Crippen LogP contribution in [0.5, 0.6) is 5.75 Å². The number of anilines is 1. The number of aromatic hydroxyl groups is 1. The Morgan fingerprint density at radius 2 is 1.90 bits per heavy atom. The number of hydrogen-bond donors (Lipinski definition) is 3. The van der Waals surface area contributed by atoms with Crippen LogP contribution >= 0.6 is 0 Å². The summed E-state index contributed by atoms with van der Waals surface area (Å²) in [4.78, 5) is 11.1. The first-order valence-electron chi connectivity index (χ1n) is 6.12. The second-order valence-electron chi connectivity index (χ2n) is 4.52. The molecule has 0 bridgehead atoms. The maximum absolute atomic E-state index is 13.4. The summed E-state index contributed by atoms with van der Waals surface area (Å²) in [6.45, 7) is 1.92. The number of carbonyl (C=O) groups is 1. The number of nitrogens with one attached hydrogen (secondary N) is 1. The number of halogens is 1. The van der Waals surface area contributed by atoms with Crippen molar-refractivity contribution in [3.8, 4) is 5.75 Å². The number of hydrogen-bond acceptors (Lipinski definition) is 3. The van der Waals surface area contributed by atoms with Gasteiger partial charge >= 0.3 is 0 Å². The summed E-state index contributed by atoms with van der Waals surface area (Å²) in [7, 11) is 0. The largest absolute Gasteiger partial charge is 0.508 e. The SMILES string of the molecule is CC(Nc1ccc(F)c(C(N)=O)c1)c1ccc(O)cc1. The summed E-state index contributed by atoms with van der Waals surface area (Å²) < 4.78 is 13.4. The van der Waals surface area contributed by atoms with Crippen molar-refractivity contribution in [2.24, 2.45) is 5.73 Å². The molecule has 4 nitrogen and oxygen atoms in total. The van der Waals surface area contributed by atoms with Crippen molar-refractivity contribution in [2.75, 3.05) is 5.32 Å². The number of amides is 1. The lowest BCUT2D eigenvalue weighted by molar-refractivity contribution is 0.0996. The van der Waals surface area contributed by atoms with E-state index in [-0.39, 0.29) is 17.4 Å². The summed E-state index contributed by atoms with van der Waals surface area (Å²) in [6, 6.07) is 10.8. The Kier molecular flexibility index (Phi) is 3.89. The standard InChI is InChI=1S/C15H15FN2O2/c1-9(10-2-5-12(19)6-3-10)18-11-4-7-14(16)13(8-11)15(17)20/h2-9,18-19H,1H3,(H2,17,20). The van der Waals surface area contributed by atoms with Crippen molar-refractivity contribution in [2.45, 2.75) is 13.0 Å². The first-order valence-corrected chi connectivity index (χ1v) is 6.12. The molecule has 1 amide bonds. The molecule has 0 fully saturated rings. The molecule has 4 N–H and O–H groups in total. The van der Waals surface area contributed by atoms with Gasteiger partial charge in [0.05, 0.1) is 5.56 Å². The molecule has 0 saturated heterocycles. The van der Waals surface area contributed by atoms with E-state index in [1.54, 1.807) is 30.3 Å². The Morgan fingerprint density at radius 3 is 2.50 bits per heavy atom. The molecular formula is C15H15FN2O2. The van der Waals surface area contributed by atoms with Gasteiger partial charge < -0.3 is 16.2 Å². The minimum Gasteiger partial charge on any atom is -0.508 e. The van der Waals surface area contributed by atoms with Crippen molar-refractivity contribution in [3.05, 3.63) is 59.4 Å². The summed E-state index contributed by atoms with van der Waals surface area (Å²) in [5, 5.41) is 12.4. The highest BCUT2D eigenvalue weighted by atomic mass is 19.1. The van der Waals surface area contributed by atoms with E-state index >= 15 is 0 Å². The van der Waals surface area contributed by atoms with Crippen LogP contribution in [0, 0.1) is 5.82 Å². The average Bonchev–Trinajstić information content (AvgIpc) is 2.41. The molecule has 5 heteroatoms. The molecule has 2 aromatic carbocycles. The van der Waals surface area contributed by atoms with Crippen molar-refractivity contribution < 1.29 is 14.3 Å². The van der Waals surface area contributed by atoms with Crippen LogP contribution in [0.1, 0.15) is 28.9 Å². The van der Waals surface area contributed by atoms with Gasteiger partial charge in [0.25, 0.3) is 5.91 Å². The van der Waals surface area contributed by atoms with E-state index < -0.39 is 11.7 Å². The Labute approximate surface area is 116 Å². The normalized spacial score (nSPS) is 11.9. The Morgan fingerprint density at radius 1 is 1.25 bits per heavy atom. The van der Waals surface area contributed by atoms with Gasteiger partial charge in [0.2, 0.25) is 0 Å². The Balaban J connectivity index is 2.19. The van der Waals surface area contributed by atoms with E-state index in [9.17, 15) is 14.3 Å². The van der Waals surface area contributed by atoms with Crippen molar-refractivity contribution in [1.29, 1.82) is 0 Å². The second kappa shape index (κ2) is 5.61. The number of benzene rings is 2. The Hall–Kier alpha value is -2.56. The van der Waals surface area contributed by atoms with Crippen LogP contribution in [-0.4, -0.2) is 11.0 Å². The van der Waals surface area contributed by atoms with Gasteiger partial charge in [0.15, 0.2) is 0 Å². The molecule has 0 aromatic heterocycles. The molecule has 0 heterocycles. The molecule has 0 spiro atoms. The van der Waals surface area contributed by atoms with Gasteiger partial charge in [-0.25, -0.2) is 4.39 Å². The zero-order valence-corrected chi connectivity index (χ0v) is 10.9. The van der Waals surface area contributed by atoms with Crippen molar-refractivity contribution in [3.63, 3.8) is 0 Å². The molecule has 0 radical (unpaired) electrons. The molecule has 2 aromatic rings. The predicted molar refractivity (Wildman–Crippen MR) is 75.1 cm³/mol. The van der Waals surface area contributed by atoms with E-state index in [2.05, 4.69) is 5.32 Å². The lowest BCUT2D eigenvalue weighted by Crippen LogP contribution is -2.14. The van der Waals surface area contributed by atoms with Crippen molar-refractivity contribution in [1.82, 2.24) is 0 Å². The molecule has 0 saturated carbocycles. The Bertz CT molecular complexity index is 626. The molecule has 20 heavy (non-hydrogen) atoms. The molecular weight excluding hydrogens is 259 g/mol. The van der Waals surface area contributed by atoms with E-state index in [1.807, 2.05) is 6.92 Å². The number of phenolic OH excluding ortho intramolecular Hbond substituents is 1. The molecule has 1 unspecified atom stereocenters. The number of primary amides is 1. The molecule has 2 rings (SSSR count). The van der Waals surface area contributed by atoms with Gasteiger partial charge in [-0.1, -0.05) is 12.1 Å². The van der Waals surface area contributed by atoms with Gasteiger partial charge in [-0.2, -0.15) is 0 Å². The number of nitrogens with two attached hydrogens (primary N) is 1. The van der Waals surface area contributed by atoms with E-state index in [4.69, 9.17) is 5.73 Å². The molecule has 0 aliphatic rings. The molecule has 0 aliphatic heterocycles.